The van der Waals surface area contributed by atoms with Gasteiger partial charge in [-0.3, -0.25) is 20.2 Å². The van der Waals surface area contributed by atoms with Gasteiger partial charge in [0.25, 0.3) is 5.69 Å². The van der Waals surface area contributed by atoms with Gasteiger partial charge in [-0.15, -0.1) is 0 Å². The minimum atomic E-state index is -1.74. The van der Waals surface area contributed by atoms with Crippen molar-refractivity contribution in [2.45, 2.75) is 6.29 Å². The Bertz CT molecular complexity index is 833. The van der Waals surface area contributed by atoms with Crippen LogP contribution in [0, 0.1) is 20.2 Å². The summed E-state index contributed by atoms with van der Waals surface area (Å²) in [4.78, 5) is 20.8. The fourth-order valence-corrected chi connectivity index (χ4v) is 2.14. The highest BCUT2D eigenvalue weighted by Gasteiger charge is 2.22. The summed E-state index contributed by atoms with van der Waals surface area (Å²) >= 11 is 0. The van der Waals surface area contributed by atoms with Gasteiger partial charge in [0.2, 0.25) is 6.29 Å². The van der Waals surface area contributed by atoms with Gasteiger partial charge in [0, 0.05) is 12.1 Å². The molecule has 2 rings (SSSR count). The smallest absolute Gasteiger partial charge is 0.302 e. The first-order valence-electron chi connectivity index (χ1n) is 7.59. The average Bonchev–Trinajstić information content (AvgIpc) is 2.64. The molecule has 8 heteroatoms. The fourth-order valence-electron chi connectivity index (χ4n) is 2.14. The van der Waals surface area contributed by atoms with E-state index in [0.717, 1.165) is 0 Å². The summed E-state index contributed by atoms with van der Waals surface area (Å²) in [6.45, 7) is -0.160. The Hall–Kier alpha value is -3.36. The Morgan fingerprint density at radius 1 is 1.08 bits per heavy atom. The summed E-state index contributed by atoms with van der Waals surface area (Å²) in [5.41, 5.74) is 0.344. The van der Waals surface area contributed by atoms with Crippen molar-refractivity contribution >= 4 is 17.8 Å². The third-order valence-electron chi connectivity index (χ3n) is 3.36. The van der Waals surface area contributed by atoms with Gasteiger partial charge < -0.3 is 9.84 Å². The molecule has 1 atom stereocenters. The van der Waals surface area contributed by atoms with Crippen molar-refractivity contribution in [1.29, 1.82) is 0 Å². The lowest BCUT2D eigenvalue weighted by molar-refractivity contribution is -0.445. The predicted octanol–water partition coefficient (Wildman–Crippen LogP) is 3.26. The molecule has 1 N–H and O–H groups in total. The maximum Gasteiger partial charge on any atom is 0.302 e. The van der Waals surface area contributed by atoms with E-state index >= 15 is 0 Å². The Labute approximate surface area is 149 Å². The molecular formula is C18H16N2O6. The number of ether oxygens (including phenoxy) is 1. The number of nitrogens with zero attached hydrogens (tertiary/aromatic N) is 2. The molecule has 0 aliphatic heterocycles. The molecule has 0 aromatic heterocycles. The molecule has 1 unspecified atom stereocenters. The normalized spacial score (nSPS) is 12.9. The predicted molar refractivity (Wildman–Crippen MR) is 95.5 cm³/mol. The summed E-state index contributed by atoms with van der Waals surface area (Å²) in [6.07, 6.45) is 2.38. The van der Waals surface area contributed by atoms with Crippen molar-refractivity contribution in [2.75, 3.05) is 6.61 Å². The van der Waals surface area contributed by atoms with Crippen molar-refractivity contribution in [1.82, 2.24) is 0 Å². The highest BCUT2D eigenvalue weighted by atomic mass is 16.7. The quantitative estimate of drug-likeness (QED) is 0.441. The molecule has 0 heterocycles. The minimum absolute atomic E-state index is 0.0701. The third-order valence-corrected chi connectivity index (χ3v) is 3.36. The molecular weight excluding hydrogens is 340 g/mol. The second-order valence-electron chi connectivity index (χ2n) is 5.14. The zero-order valence-corrected chi connectivity index (χ0v) is 13.6. The highest BCUT2D eigenvalue weighted by Crippen LogP contribution is 2.19. The summed E-state index contributed by atoms with van der Waals surface area (Å²) in [6, 6.07) is 14.6. The number of aliphatic hydroxyl groups excluding tert-OH is 1. The van der Waals surface area contributed by atoms with Crippen LogP contribution in [-0.4, -0.2) is 27.9 Å². The van der Waals surface area contributed by atoms with Crippen LogP contribution in [0.5, 0.6) is 0 Å². The van der Waals surface area contributed by atoms with E-state index in [0.29, 0.717) is 11.1 Å². The number of hydrogen-bond donors (Lipinski definition) is 1. The van der Waals surface area contributed by atoms with Gasteiger partial charge in [0.05, 0.1) is 22.0 Å². The Morgan fingerprint density at radius 2 is 1.73 bits per heavy atom. The highest BCUT2D eigenvalue weighted by molar-refractivity contribution is 5.60. The summed E-state index contributed by atoms with van der Waals surface area (Å²) in [5.74, 6) is 0. The molecule has 26 heavy (non-hydrogen) atoms. The molecule has 0 bridgehead atoms. The van der Waals surface area contributed by atoms with Crippen LogP contribution in [0.25, 0.3) is 12.2 Å². The molecule has 0 saturated carbocycles. The van der Waals surface area contributed by atoms with E-state index in [1.165, 1.54) is 24.3 Å². The minimum Gasteiger partial charge on any atom is -0.359 e. The number of nitro benzene ring substituents is 1. The largest absolute Gasteiger partial charge is 0.359 e. The van der Waals surface area contributed by atoms with Crippen LogP contribution in [0.2, 0.25) is 0 Å². The molecule has 2 aromatic carbocycles. The molecule has 2 aromatic rings. The van der Waals surface area contributed by atoms with Gasteiger partial charge in [0.15, 0.2) is 0 Å². The molecule has 0 fully saturated rings. The Kier molecular flexibility index (Phi) is 6.72. The van der Waals surface area contributed by atoms with Crippen LogP contribution in [0.3, 0.4) is 0 Å². The van der Waals surface area contributed by atoms with Crippen LogP contribution in [0.4, 0.5) is 5.69 Å². The molecule has 0 radical (unpaired) electrons. The molecule has 8 nitrogen and oxygen atoms in total. The summed E-state index contributed by atoms with van der Waals surface area (Å²) < 4.78 is 5.05. The maximum atomic E-state index is 11.1. The van der Waals surface area contributed by atoms with E-state index in [1.54, 1.807) is 48.5 Å². The van der Waals surface area contributed by atoms with Gasteiger partial charge in [0.1, 0.15) is 0 Å². The lowest BCUT2D eigenvalue weighted by Gasteiger charge is -2.08. The number of rotatable bonds is 8. The Morgan fingerprint density at radius 3 is 2.38 bits per heavy atom. The Balaban J connectivity index is 2.03. The summed E-state index contributed by atoms with van der Waals surface area (Å²) in [7, 11) is 0. The first-order chi connectivity index (χ1) is 12.5. The zero-order chi connectivity index (χ0) is 18.9. The van der Waals surface area contributed by atoms with E-state index in [2.05, 4.69) is 0 Å². The fraction of sp³-hybridized carbons (Fsp3) is 0.111. The number of benzene rings is 2. The molecule has 0 saturated heterocycles. The van der Waals surface area contributed by atoms with Gasteiger partial charge in [-0.2, -0.15) is 0 Å². The van der Waals surface area contributed by atoms with E-state index in [4.69, 9.17) is 4.74 Å². The standard InChI is InChI=1S/C18H16N2O6/c21-18(17(20(24)25)13-14-7-2-1-3-8-14)26-12-6-10-15-9-4-5-11-16(15)19(22)23/h1-11,13,18,21H,12H2. The lowest BCUT2D eigenvalue weighted by Crippen LogP contribution is -2.20. The van der Waals surface area contributed by atoms with Crippen molar-refractivity contribution < 1.29 is 19.7 Å². The van der Waals surface area contributed by atoms with Crippen LogP contribution in [-0.2, 0) is 4.74 Å². The monoisotopic (exact) mass is 356 g/mol. The maximum absolute atomic E-state index is 11.1. The first kappa shape index (κ1) is 19.0. The molecule has 0 amide bonds. The SMILES string of the molecule is O=[N+]([O-])C(=Cc1ccccc1)C(O)OCC=Cc1ccccc1[N+](=O)[O-]. The number of hydrogen-bond acceptors (Lipinski definition) is 6. The van der Waals surface area contributed by atoms with Gasteiger partial charge >= 0.3 is 5.70 Å². The average molecular weight is 356 g/mol. The number of aliphatic hydroxyl groups is 1. The van der Waals surface area contributed by atoms with Crippen molar-refractivity contribution in [3.05, 3.63) is 97.7 Å². The lowest BCUT2D eigenvalue weighted by atomic mass is 10.1. The van der Waals surface area contributed by atoms with E-state index < -0.39 is 21.8 Å². The van der Waals surface area contributed by atoms with Crippen LogP contribution in [0.1, 0.15) is 11.1 Å². The summed E-state index contributed by atoms with van der Waals surface area (Å²) in [5, 5.41) is 31.9. The molecule has 134 valence electrons. The van der Waals surface area contributed by atoms with Gasteiger partial charge in [-0.1, -0.05) is 48.5 Å². The second-order valence-corrected chi connectivity index (χ2v) is 5.14. The number of nitro groups is 2. The van der Waals surface area contributed by atoms with Crippen molar-refractivity contribution in [2.24, 2.45) is 0 Å². The third kappa shape index (κ3) is 5.33. The van der Waals surface area contributed by atoms with Crippen LogP contribution >= 0.6 is 0 Å². The number of para-hydroxylation sites is 1. The van der Waals surface area contributed by atoms with E-state index in [1.807, 2.05) is 0 Å². The van der Waals surface area contributed by atoms with E-state index in [9.17, 15) is 25.3 Å². The molecule has 0 aliphatic carbocycles. The van der Waals surface area contributed by atoms with Crippen LogP contribution < -0.4 is 0 Å². The first-order valence-corrected chi connectivity index (χ1v) is 7.59. The van der Waals surface area contributed by atoms with Gasteiger partial charge in [-0.05, 0) is 17.7 Å². The molecule has 0 spiro atoms. The topological polar surface area (TPSA) is 116 Å². The van der Waals surface area contributed by atoms with Crippen molar-refractivity contribution in [3.63, 3.8) is 0 Å². The molecule has 0 aliphatic rings. The zero-order valence-electron chi connectivity index (χ0n) is 13.6. The van der Waals surface area contributed by atoms with Crippen molar-refractivity contribution in [3.8, 4) is 0 Å². The van der Waals surface area contributed by atoms with Gasteiger partial charge in [-0.25, -0.2) is 0 Å². The van der Waals surface area contributed by atoms with Crippen LogP contribution in [0.15, 0.2) is 66.4 Å². The second kappa shape index (κ2) is 9.21. The van der Waals surface area contributed by atoms with E-state index in [-0.39, 0.29) is 12.3 Å².